The summed E-state index contributed by atoms with van der Waals surface area (Å²) < 4.78 is 11.2. The summed E-state index contributed by atoms with van der Waals surface area (Å²) in [7, 11) is 1.78. The first kappa shape index (κ1) is 13.1. The van der Waals surface area contributed by atoms with Gasteiger partial charge in [0.05, 0.1) is 18.8 Å². The molecule has 1 heterocycles. The zero-order valence-electron chi connectivity index (χ0n) is 11.2. The number of nitrogens with one attached hydrogen (secondary N) is 1. The largest absolute Gasteiger partial charge is 0.490 e. The van der Waals surface area contributed by atoms with Crippen LogP contribution in [0, 0.1) is 0 Å². The lowest BCUT2D eigenvalue weighted by molar-refractivity contribution is 0.101. The summed E-state index contributed by atoms with van der Waals surface area (Å²) in [5.74, 6) is 1.67. The molecule has 18 heavy (non-hydrogen) atoms. The summed E-state index contributed by atoms with van der Waals surface area (Å²) >= 11 is 0. The fourth-order valence-electron chi connectivity index (χ4n) is 2.38. The molecule has 1 aliphatic rings. The number of nitrogens with zero attached hydrogens (tertiary/aromatic N) is 1. The molecule has 4 nitrogen and oxygen atoms in total. The van der Waals surface area contributed by atoms with E-state index < -0.39 is 0 Å². The second-order valence-corrected chi connectivity index (χ2v) is 4.65. The lowest BCUT2D eigenvalue weighted by Gasteiger charge is -2.21. The third kappa shape index (κ3) is 3.13. The highest BCUT2D eigenvalue weighted by molar-refractivity contribution is 5.50. The SMILES string of the molecule is CCCOc1cccnc1NC1CCCC1OC. The highest BCUT2D eigenvalue weighted by atomic mass is 16.5. The Labute approximate surface area is 109 Å². The van der Waals surface area contributed by atoms with Crippen LogP contribution in [0.1, 0.15) is 32.6 Å². The molecule has 0 radical (unpaired) electrons. The molecule has 100 valence electrons. The van der Waals surface area contributed by atoms with E-state index in [1.54, 1.807) is 13.3 Å². The summed E-state index contributed by atoms with van der Waals surface area (Å²) in [6, 6.07) is 4.20. The van der Waals surface area contributed by atoms with Gasteiger partial charge in [-0.25, -0.2) is 4.98 Å². The van der Waals surface area contributed by atoms with Gasteiger partial charge in [-0.05, 0) is 37.8 Å². The molecule has 0 bridgehead atoms. The number of aromatic nitrogens is 1. The van der Waals surface area contributed by atoms with E-state index in [-0.39, 0.29) is 6.10 Å². The van der Waals surface area contributed by atoms with E-state index in [4.69, 9.17) is 9.47 Å². The standard InChI is InChI=1S/C14H22N2O2/c1-3-10-18-13-8-5-9-15-14(13)16-11-6-4-7-12(11)17-2/h5,8-9,11-12H,3-4,6-7,10H2,1-2H3,(H,15,16). The molecular weight excluding hydrogens is 228 g/mol. The van der Waals surface area contributed by atoms with E-state index >= 15 is 0 Å². The van der Waals surface area contributed by atoms with Gasteiger partial charge in [-0.1, -0.05) is 6.92 Å². The molecule has 2 unspecified atom stereocenters. The van der Waals surface area contributed by atoms with Crippen LogP contribution in [-0.4, -0.2) is 30.8 Å². The molecule has 1 aromatic rings. The monoisotopic (exact) mass is 250 g/mol. The normalized spacial score (nSPS) is 23.0. The first-order valence-corrected chi connectivity index (χ1v) is 6.72. The fourth-order valence-corrected chi connectivity index (χ4v) is 2.38. The van der Waals surface area contributed by atoms with Crippen LogP contribution in [0.5, 0.6) is 5.75 Å². The van der Waals surface area contributed by atoms with E-state index in [2.05, 4.69) is 17.2 Å². The first-order valence-electron chi connectivity index (χ1n) is 6.72. The van der Waals surface area contributed by atoms with Crippen LogP contribution in [0.25, 0.3) is 0 Å². The van der Waals surface area contributed by atoms with Crippen molar-refractivity contribution in [3.8, 4) is 5.75 Å². The molecule has 0 amide bonds. The van der Waals surface area contributed by atoms with Crippen molar-refractivity contribution in [2.75, 3.05) is 19.0 Å². The van der Waals surface area contributed by atoms with E-state index in [0.29, 0.717) is 6.04 Å². The maximum absolute atomic E-state index is 5.70. The summed E-state index contributed by atoms with van der Waals surface area (Å²) in [5, 5.41) is 3.46. The molecule has 1 aromatic heterocycles. The van der Waals surface area contributed by atoms with Gasteiger partial charge in [0.15, 0.2) is 11.6 Å². The van der Waals surface area contributed by atoms with Crippen molar-refractivity contribution in [2.24, 2.45) is 0 Å². The van der Waals surface area contributed by atoms with Crippen molar-refractivity contribution in [1.29, 1.82) is 0 Å². The molecular formula is C14H22N2O2. The van der Waals surface area contributed by atoms with Crippen molar-refractivity contribution in [1.82, 2.24) is 4.98 Å². The highest BCUT2D eigenvalue weighted by Gasteiger charge is 2.27. The predicted molar refractivity (Wildman–Crippen MR) is 72.1 cm³/mol. The molecule has 0 saturated heterocycles. The minimum atomic E-state index is 0.283. The van der Waals surface area contributed by atoms with E-state index in [9.17, 15) is 0 Å². The molecule has 1 aliphatic carbocycles. The minimum absolute atomic E-state index is 0.283. The quantitative estimate of drug-likeness (QED) is 0.843. The van der Waals surface area contributed by atoms with Crippen LogP contribution in [-0.2, 0) is 4.74 Å². The molecule has 0 aliphatic heterocycles. The summed E-state index contributed by atoms with van der Waals surface area (Å²) in [6.07, 6.45) is 6.52. The van der Waals surface area contributed by atoms with Crippen LogP contribution < -0.4 is 10.1 Å². The minimum Gasteiger partial charge on any atom is -0.490 e. The molecule has 2 rings (SSSR count). The summed E-state index contributed by atoms with van der Waals surface area (Å²) in [4.78, 5) is 4.37. The number of methoxy groups -OCH3 is 1. The van der Waals surface area contributed by atoms with Gasteiger partial charge in [0.25, 0.3) is 0 Å². The molecule has 1 saturated carbocycles. The Morgan fingerprint density at radius 1 is 1.44 bits per heavy atom. The summed E-state index contributed by atoms with van der Waals surface area (Å²) in [6.45, 7) is 2.82. The van der Waals surface area contributed by atoms with E-state index in [1.807, 2.05) is 12.1 Å². The van der Waals surface area contributed by atoms with Crippen molar-refractivity contribution in [2.45, 2.75) is 44.8 Å². The second kappa shape index (κ2) is 6.59. The highest BCUT2D eigenvalue weighted by Crippen LogP contribution is 2.28. The smallest absolute Gasteiger partial charge is 0.169 e. The number of hydrogen-bond donors (Lipinski definition) is 1. The molecule has 2 atom stereocenters. The maximum Gasteiger partial charge on any atom is 0.169 e. The van der Waals surface area contributed by atoms with Gasteiger partial charge in [-0.3, -0.25) is 0 Å². The van der Waals surface area contributed by atoms with Crippen molar-refractivity contribution >= 4 is 5.82 Å². The number of hydrogen-bond acceptors (Lipinski definition) is 4. The molecule has 4 heteroatoms. The maximum atomic E-state index is 5.70. The fraction of sp³-hybridized carbons (Fsp3) is 0.643. The molecule has 1 N–H and O–H groups in total. The van der Waals surface area contributed by atoms with Crippen molar-refractivity contribution < 1.29 is 9.47 Å². The van der Waals surface area contributed by atoms with Crippen molar-refractivity contribution in [3.63, 3.8) is 0 Å². The van der Waals surface area contributed by atoms with Crippen LogP contribution in [0.15, 0.2) is 18.3 Å². The van der Waals surface area contributed by atoms with Crippen LogP contribution in [0.3, 0.4) is 0 Å². The first-order chi connectivity index (χ1) is 8.85. The Bertz CT molecular complexity index is 371. The number of ether oxygens (including phenoxy) is 2. The van der Waals surface area contributed by atoms with Crippen molar-refractivity contribution in [3.05, 3.63) is 18.3 Å². The Hall–Kier alpha value is -1.29. The Morgan fingerprint density at radius 2 is 2.33 bits per heavy atom. The van der Waals surface area contributed by atoms with Gasteiger partial charge < -0.3 is 14.8 Å². The molecule has 0 spiro atoms. The van der Waals surface area contributed by atoms with Gasteiger partial charge in [0.2, 0.25) is 0 Å². The number of anilines is 1. The number of rotatable bonds is 6. The zero-order valence-corrected chi connectivity index (χ0v) is 11.2. The van der Waals surface area contributed by atoms with Gasteiger partial charge in [-0.2, -0.15) is 0 Å². The lowest BCUT2D eigenvalue weighted by atomic mass is 10.2. The second-order valence-electron chi connectivity index (χ2n) is 4.65. The molecule has 1 fully saturated rings. The van der Waals surface area contributed by atoms with Gasteiger partial charge in [-0.15, -0.1) is 0 Å². The third-order valence-electron chi connectivity index (χ3n) is 3.31. The van der Waals surface area contributed by atoms with Crippen LogP contribution in [0.2, 0.25) is 0 Å². The van der Waals surface area contributed by atoms with Gasteiger partial charge >= 0.3 is 0 Å². The van der Waals surface area contributed by atoms with E-state index in [0.717, 1.165) is 37.4 Å². The third-order valence-corrected chi connectivity index (χ3v) is 3.31. The summed E-state index contributed by atoms with van der Waals surface area (Å²) in [5.41, 5.74) is 0. The average molecular weight is 250 g/mol. The topological polar surface area (TPSA) is 43.4 Å². The Morgan fingerprint density at radius 3 is 3.11 bits per heavy atom. The number of pyridine rings is 1. The molecule has 0 aromatic carbocycles. The van der Waals surface area contributed by atoms with Gasteiger partial charge in [0.1, 0.15) is 0 Å². The Balaban J connectivity index is 2.03. The van der Waals surface area contributed by atoms with E-state index in [1.165, 1.54) is 6.42 Å². The Kier molecular flexibility index (Phi) is 4.81. The van der Waals surface area contributed by atoms with Crippen LogP contribution >= 0.6 is 0 Å². The lowest BCUT2D eigenvalue weighted by Crippen LogP contribution is -2.30. The average Bonchev–Trinajstić information content (AvgIpc) is 2.85. The predicted octanol–water partition coefficient (Wildman–Crippen LogP) is 2.85. The van der Waals surface area contributed by atoms with Crippen LogP contribution in [0.4, 0.5) is 5.82 Å². The zero-order chi connectivity index (χ0) is 12.8. The van der Waals surface area contributed by atoms with Gasteiger partial charge in [0, 0.05) is 13.3 Å².